The van der Waals surface area contributed by atoms with Gasteiger partial charge in [-0.25, -0.2) is 0 Å². The van der Waals surface area contributed by atoms with E-state index >= 15 is 0 Å². The number of aliphatic hydroxyl groups is 1. The second-order valence-corrected chi connectivity index (χ2v) is 11.2. The third kappa shape index (κ3) is 4.29. The van der Waals surface area contributed by atoms with E-state index < -0.39 is 5.60 Å². The molecular weight excluding hydrogens is 424 g/mol. The second-order valence-electron chi connectivity index (χ2n) is 11.2. The Labute approximate surface area is 204 Å². The highest BCUT2D eigenvalue weighted by molar-refractivity contribution is 5.43. The van der Waals surface area contributed by atoms with E-state index in [9.17, 15) is 10.2 Å². The number of phenolic OH excluding ortho intramolecular Hbond substituents is 1. The number of hydrogen-bond donors (Lipinski definition) is 2. The Balaban J connectivity index is 1.42. The van der Waals surface area contributed by atoms with Gasteiger partial charge >= 0.3 is 0 Å². The molecule has 3 atom stereocenters. The fraction of sp³-hybridized carbons (Fsp3) is 0.679. The van der Waals surface area contributed by atoms with Crippen molar-refractivity contribution < 1.29 is 10.2 Å². The SMILES string of the molecule is CCc1cnn(CCN2CCC3(c4cc(O)ccc4C)CCN(CC4CC4)C(C)C3(O)CC2)c1. The summed E-state index contributed by atoms with van der Waals surface area (Å²) < 4.78 is 2.06. The molecule has 2 N–H and O–H groups in total. The highest BCUT2D eigenvalue weighted by Crippen LogP contribution is 2.53. The van der Waals surface area contributed by atoms with Crippen LogP contribution in [-0.2, 0) is 18.4 Å². The number of likely N-dealkylation sites (tertiary alicyclic amines) is 2. The van der Waals surface area contributed by atoms with Gasteiger partial charge in [0, 0.05) is 37.3 Å². The maximum atomic E-state index is 12.6. The Morgan fingerprint density at radius 1 is 1.09 bits per heavy atom. The van der Waals surface area contributed by atoms with Gasteiger partial charge in [0.05, 0.1) is 18.3 Å². The first-order chi connectivity index (χ1) is 16.3. The van der Waals surface area contributed by atoms with Crippen molar-refractivity contribution in [3.8, 4) is 5.75 Å². The zero-order valence-electron chi connectivity index (χ0n) is 21.2. The van der Waals surface area contributed by atoms with Crippen LogP contribution in [0.1, 0.15) is 62.6 Å². The van der Waals surface area contributed by atoms with E-state index in [0.29, 0.717) is 5.75 Å². The van der Waals surface area contributed by atoms with Crippen molar-refractivity contribution in [2.75, 3.05) is 32.7 Å². The molecule has 1 aromatic carbocycles. The molecule has 6 nitrogen and oxygen atoms in total. The van der Waals surface area contributed by atoms with Gasteiger partial charge in [-0.2, -0.15) is 5.10 Å². The number of aromatic nitrogens is 2. The molecule has 0 amide bonds. The maximum absolute atomic E-state index is 12.6. The standard InChI is InChI=1S/C28H42N4O2/c1-4-23-18-29-32(20-23)16-15-30-12-9-27(26-17-25(33)8-5-21(26)2)10-14-31(19-24-6-7-24)22(3)28(27,34)11-13-30/h5,8,17-18,20,22,24,33-34H,4,6-7,9-16,19H2,1-3H3. The summed E-state index contributed by atoms with van der Waals surface area (Å²) >= 11 is 0. The van der Waals surface area contributed by atoms with Gasteiger partial charge in [-0.3, -0.25) is 9.58 Å². The number of aryl methyl sites for hydroxylation is 2. The zero-order chi connectivity index (χ0) is 23.9. The summed E-state index contributed by atoms with van der Waals surface area (Å²) in [4.78, 5) is 5.07. The number of nitrogens with zero attached hydrogens (tertiary/aromatic N) is 4. The van der Waals surface area contributed by atoms with Gasteiger partial charge in [0.15, 0.2) is 0 Å². The molecule has 34 heavy (non-hydrogen) atoms. The molecular formula is C28H42N4O2. The van der Waals surface area contributed by atoms with E-state index in [-0.39, 0.29) is 11.5 Å². The molecule has 2 aromatic rings. The highest BCUT2D eigenvalue weighted by atomic mass is 16.3. The molecule has 0 bridgehead atoms. The number of rotatable bonds is 7. The number of fused-ring (bicyclic) bond motifs is 1. The minimum atomic E-state index is -0.825. The molecule has 6 heteroatoms. The molecule has 0 spiro atoms. The summed E-state index contributed by atoms with van der Waals surface area (Å²) in [6.07, 6.45) is 10.4. The van der Waals surface area contributed by atoms with Crippen LogP contribution in [0.5, 0.6) is 5.75 Å². The minimum Gasteiger partial charge on any atom is -0.508 e. The Hall–Kier alpha value is -1.89. The van der Waals surface area contributed by atoms with E-state index in [0.717, 1.165) is 76.4 Å². The topological polar surface area (TPSA) is 64.8 Å². The predicted molar refractivity (Wildman–Crippen MR) is 135 cm³/mol. The van der Waals surface area contributed by atoms with Crippen LogP contribution in [0.25, 0.3) is 0 Å². The lowest BCUT2D eigenvalue weighted by Crippen LogP contribution is -2.68. The van der Waals surface area contributed by atoms with Crippen molar-refractivity contribution in [1.29, 1.82) is 0 Å². The van der Waals surface area contributed by atoms with Crippen molar-refractivity contribution in [2.24, 2.45) is 5.92 Å². The smallest absolute Gasteiger partial charge is 0.115 e. The maximum Gasteiger partial charge on any atom is 0.115 e. The minimum absolute atomic E-state index is 0.0989. The molecule has 1 aromatic heterocycles. The largest absolute Gasteiger partial charge is 0.508 e. The zero-order valence-corrected chi connectivity index (χ0v) is 21.2. The van der Waals surface area contributed by atoms with Crippen LogP contribution in [0, 0.1) is 12.8 Å². The predicted octanol–water partition coefficient (Wildman–Crippen LogP) is 3.73. The average molecular weight is 467 g/mol. The van der Waals surface area contributed by atoms with Gasteiger partial charge in [-0.05, 0) is 100 Å². The van der Waals surface area contributed by atoms with Gasteiger partial charge in [-0.15, -0.1) is 0 Å². The molecule has 186 valence electrons. The number of aromatic hydroxyl groups is 1. The molecule has 5 rings (SSSR count). The average Bonchev–Trinajstić information content (AvgIpc) is 3.56. The van der Waals surface area contributed by atoms with Crippen LogP contribution in [0.3, 0.4) is 0 Å². The molecule has 3 unspecified atom stereocenters. The summed E-state index contributed by atoms with van der Waals surface area (Å²) in [7, 11) is 0. The lowest BCUT2D eigenvalue weighted by Gasteiger charge is -2.58. The van der Waals surface area contributed by atoms with Crippen LogP contribution < -0.4 is 0 Å². The van der Waals surface area contributed by atoms with Gasteiger partial charge in [-0.1, -0.05) is 13.0 Å². The van der Waals surface area contributed by atoms with Crippen molar-refractivity contribution in [3.63, 3.8) is 0 Å². The molecule has 2 aliphatic heterocycles. The third-order valence-corrected chi connectivity index (χ3v) is 9.22. The van der Waals surface area contributed by atoms with Gasteiger partial charge in [0.2, 0.25) is 0 Å². The van der Waals surface area contributed by atoms with Crippen LogP contribution in [-0.4, -0.2) is 74.2 Å². The summed E-state index contributed by atoms with van der Waals surface area (Å²) in [5, 5.41) is 27.6. The quantitative estimate of drug-likeness (QED) is 0.651. The first-order valence-electron chi connectivity index (χ1n) is 13.3. The van der Waals surface area contributed by atoms with Gasteiger partial charge in [0.1, 0.15) is 5.75 Å². The summed E-state index contributed by atoms with van der Waals surface area (Å²) in [5.41, 5.74) is 2.43. The lowest BCUT2D eigenvalue weighted by molar-refractivity contribution is -0.136. The Morgan fingerprint density at radius 2 is 1.85 bits per heavy atom. The Morgan fingerprint density at radius 3 is 2.59 bits per heavy atom. The molecule has 1 saturated carbocycles. The highest BCUT2D eigenvalue weighted by Gasteiger charge is 2.59. The molecule has 1 aliphatic carbocycles. The number of piperidine rings is 1. The normalized spacial score (nSPS) is 30.8. The van der Waals surface area contributed by atoms with Crippen molar-refractivity contribution >= 4 is 0 Å². The van der Waals surface area contributed by atoms with E-state index in [4.69, 9.17) is 0 Å². The van der Waals surface area contributed by atoms with Crippen molar-refractivity contribution in [2.45, 2.75) is 82.9 Å². The van der Waals surface area contributed by atoms with Crippen molar-refractivity contribution in [1.82, 2.24) is 19.6 Å². The van der Waals surface area contributed by atoms with Crippen LogP contribution in [0.4, 0.5) is 0 Å². The molecule has 2 saturated heterocycles. The number of phenols is 1. The molecule has 0 radical (unpaired) electrons. The Kier molecular flexibility index (Phi) is 6.51. The van der Waals surface area contributed by atoms with E-state index in [1.165, 1.54) is 24.0 Å². The first kappa shape index (κ1) is 23.8. The monoisotopic (exact) mass is 466 g/mol. The van der Waals surface area contributed by atoms with Crippen LogP contribution in [0.15, 0.2) is 30.6 Å². The molecule has 3 heterocycles. The Bertz CT molecular complexity index is 1000. The van der Waals surface area contributed by atoms with Crippen LogP contribution in [0.2, 0.25) is 0 Å². The molecule has 3 aliphatic rings. The number of benzene rings is 1. The fourth-order valence-corrected chi connectivity index (χ4v) is 6.71. The summed E-state index contributed by atoms with van der Waals surface area (Å²) in [6, 6.07) is 5.83. The van der Waals surface area contributed by atoms with E-state index in [1.54, 1.807) is 6.07 Å². The third-order valence-electron chi connectivity index (χ3n) is 9.22. The first-order valence-corrected chi connectivity index (χ1v) is 13.3. The number of hydrogen-bond acceptors (Lipinski definition) is 5. The summed E-state index contributed by atoms with van der Waals surface area (Å²) in [5.74, 6) is 1.11. The van der Waals surface area contributed by atoms with Gasteiger partial charge < -0.3 is 15.1 Å². The van der Waals surface area contributed by atoms with Gasteiger partial charge in [0.25, 0.3) is 0 Å². The van der Waals surface area contributed by atoms with E-state index in [2.05, 4.69) is 46.5 Å². The van der Waals surface area contributed by atoms with E-state index in [1.807, 2.05) is 18.3 Å². The molecule has 3 fully saturated rings. The van der Waals surface area contributed by atoms with Crippen LogP contribution >= 0.6 is 0 Å². The summed E-state index contributed by atoms with van der Waals surface area (Å²) in [6.45, 7) is 12.3. The fourth-order valence-electron chi connectivity index (χ4n) is 6.71. The second kappa shape index (κ2) is 9.29. The lowest BCUT2D eigenvalue weighted by atomic mass is 9.57. The van der Waals surface area contributed by atoms with Crippen molar-refractivity contribution in [3.05, 3.63) is 47.3 Å².